The summed E-state index contributed by atoms with van der Waals surface area (Å²) >= 11 is 0. The molecular weight excluding hydrogens is 305 g/mol. The molecule has 2 fully saturated rings. The van der Waals surface area contributed by atoms with Crippen LogP contribution in [0.1, 0.15) is 12.0 Å². The number of fused-ring (bicyclic) bond motifs is 1. The molecule has 0 unspecified atom stereocenters. The minimum absolute atomic E-state index is 0.148. The van der Waals surface area contributed by atoms with Crippen molar-refractivity contribution < 1.29 is 9.13 Å². The highest BCUT2D eigenvalue weighted by atomic mass is 19.1. The summed E-state index contributed by atoms with van der Waals surface area (Å²) < 4.78 is 19.3. The summed E-state index contributed by atoms with van der Waals surface area (Å²) in [5.41, 5.74) is 1.26. The van der Waals surface area contributed by atoms with Crippen LogP contribution < -0.4 is 4.74 Å². The third-order valence-corrected chi connectivity index (χ3v) is 4.89. The molecular formula is C19H22FN3O. The number of halogens is 1. The zero-order valence-electron chi connectivity index (χ0n) is 13.6. The van der Waals surface area contributed by atoms with Gasteiger partial charge in [0.2, 0.25) is 0 Å². The predicted molar refractivity (Wildman–Crippen MR) is 90.3 cm³/mol. The third kappa shape index (κ3) is 3.57. The van der Waals surface area contributed by atoms with Crippen LogP contribution in [0.5, 0.6) is 5.75 Å². The standard InChI is InChI=1S/C19H22FN3O/c20-16-4-1-5-18(9-16)24-19-10-17-13-22(7-8-23(17)14-19)12-15-3-2-6-21-11-15/h1-6,9,11,17,19H,7-8,10,12-14H2/t17-,19+/m0/s1. The first kappa shape index (κ1) is 15.5. The Morgan fingerprint density at radius 3 is 2.96 bits per heavy atom. The summed E-state index contributed by atoms with van der Waals surface area (Å²) in [6.45, 7) is 5.07. The maximum absolute atomic E-state index is 13.3. The van der Waals surface area contributed by atoms with Gasteiger partial charge in [-0.05, 0) is 23.8 Å². The van der Waals surface area contributed by atoms with Crippen LogP contribution in [-0.2, 0) is 6.54 Å². The Hall–Kier alpha value is -1.98. The Kier molecular flexibility index (Phi) is 4.45. The van der Waals surface area contributed by atoms with Crippen LogP contribution in [0.25, 0.3) is 0 Å². The summed E-state index contributed by atoms with van der Waals surface area (Å²) in [6, 6.07) is 11.1. The molecule has 2 aromatic rings. The Bertz CT molecular complexity index is 681. The predicted octanol–water partition coefficient (Wildman–Crippen LogP) is 2.56. The third-order valence-electron chi connectivity index (χ3n) is 4.89. The van der Waals surface area contributed by atoms with Crippen molar-refractivity contribution in [3.63, 3.8) is 0 Å². The van der Waals surface area contributed by atoms with E-state index in [2.05, 4.69) is 20.9 Å². The largest absolute Gasteiger partial charge is 0.489 e. The van der Waals surface area contributed by atoms with Crippen molar-refractivity contribution >= 4 is 0 Å². The lowest BCUT2D eigenvalue weighted by atomic mass is 10.1. The normalized spacial score (nSPS) is 24.7. The molecule has 2 aliphatic heterocycles. The average molecular weight is 327 g/mol. The number of rotatable bonds is 4. The van der Waals surface area contributed by atoms with Crippen LogP contribution in [-0.4, -0.2) is 53.1 Å². The first-order valence-electron chi connectivity index (χ1n) is 8.54. The maximum atomic E-state index is 13.3. The fourth-order valence-corrected chi connectivity index (χ4v) is 3.77. The first-order chi connectivity index (χ1) is 11.8. The van der Waals surface area contributed by atoms with Gasteiger partial charge in [-0.2, -0.15) is 0 Å². The van der Waals surface area contributed by atoms with Gasteiger partial charge in [-0.1, -0.05) is 12.1 Å². The number of piperazine rings is 1. The quantitative estimate of drug-likeness (QED) is 0.863. The van der Waals surface area contributed by atoms with Gasteiger partial charge < -0.3 is 4.74 Å². The van der Waals surface area contributed by atoms with Crippen LogP contribution in [0.15, 0.2) is 48.8 Å². The zero-order chi connectivity index (χ0) is 16.4. The second-order valence-corrected chi connectivity index (χ2v) is 6.68. The zero-order valence-corrected chi connectivity index (χ0v) is 13.6. The molecule has 0 amide bonds. The fourth-order valence-electron chi connectivity index (χ4n) is 3.77. The molecule has 0 aliphatic carbocycles. The number of pyridine rings is 1. The monoisotopic (exact) mass is 327 g/mol. The molecule has 126 valence electrons. The Labute approximate surface area is 141 Å². The van der Waals surface area contributed by atoms with E-state index in [4.69, 9.17) is 4.74 Å². The SMILES string of the molecule is Fc1cccc(O[C@@H]2C[C@H]3CN(Cc4cccnc4)CCN3C2)c1. The van der Waals surface area contributed by atoms with Gasteiger partial charge in [0.1, 0.15) is 17.7 Å². The molecule has 1 aromatic carbocycles. The van der Waals surface area contributed by atoms with E-state index in [1.54, 1.807) is 6.07 Å². The molecule has 2 aliphatic rings. The highest BCUT2D eigenvalue weighted by Crippen LogP contribution is 2.26. The van der Waals surface area contributed by atoms with Gasteiger partial charge >= 0.3 is 0 Å². The van der Waals surface area contributed by atoms with E-state index < -0.39 is 0 Å². The lowest BCUT2D eigenvalue weighted by molar-refractivity contribution is 0.0978. The van der Waals surface area contributed by atoms with Crippen molar-refractivity contribution in [2.45, 2.75) is 25.1 Å². The van der Waals surface area contributed by atoms with Crippen LogP contribution in [0.2, 0.25) is 0 Å². The van der Waals surface area contributed by atoms with Gasteiger partial charge in [-0.3, -0.25) is 14.8 Å². The maximum Gasteiger partial charge on any atom is 0.126 e. The molecule has 4 rings (SSSR count). The second-order valence-electron chi connectivity index (χ2n) is 6.68. The summed E-state index contributed by atoms with van der Waals surface area (Å²) in [6.07, 6.45) is 4.90. The van der Waals surface area contributed by atoms with E-state index in [0.717, 1.165) is 39.1 Å². The number of hydrogen-bond acceptors (Lipinski definition) is 4. The highest BCUT2D eigenvalue weighted by molar-refractivity contribution is 5.23. The van der Waals surface area contributed by atoms with E-state index in [-0.39, 0.29) is 11.9 Å². The lowest BCUT2D eigenvalue weighted by Gasteiger charge is -2.37. The van der Waals surface area contributed by atoms with Gasteiger partial charge in [0.15, 0.2) is 0 Å². The van der Waals surface area contributed by atoms with Gasteiger partial charge in [0, 0.05) is 63.6 Å². The van der Waals surface area contributed by atoms with Crippen LogP contribution in [0.3, 0.4) is 0 Å². The number of benzene rings is 1. The molecule has 0 radical (unpaired) electrons. The number of nitrogens with zero attached hydrogens (tertiary/aromatic N) is 3. The van der Waals surface area contributed by atoms with E-state index in [9.17, 15) is 4.39 Å². The molecule has 0 spiro atoms. The molecule has 1 aromatic heterocycles. The van der Waals surface area contributed by atoms with Crippen molar-refractivity contribution in [1.29, 1.82) is 0 Å². The topological polar surface area (TPSA) is 28.6 Å². The Morgan fingerprint density at radius 2 is 2.12 bits per heavy atom. The molecule has 0 bridgehead atoms. The highest BCUT2D eigenvalue weighted by Gasteiger charge is 2.37. The van der Waals surface area contributed by atoms with E-state index in [1.165, 1.54) is 17.7 Å². The van der Waals surface area contributed by atoms with Gasteiger partial charge in [-0.25, -0.2) is 4.39 Å². The molecule has 0 N–H and O–H groups in total. The van der Waals surface area contributed by atoms with Crippen LogP contribution in [0.4, 0.5) is 4.39 Å². The fraction of sp³-hybridized carbons (Fsp3) is 0.421. The molecule has 0 saturated carbocycles. The number of ether oxygens (including phenoxy) is 1. The molecule has 3 heterocycles. The summed E-state index contributed by atoms with van der Waals surface area (Å²) in [5, 5.41) is 0. The van der Waals surface area contributed by atoms with Crippen LogP contribution in [0, 0.1) is 5.82 Å². The minimum Gasteiger partial charge on any atom is -0.489 e. The Balaban J connectivity index is 1.34. The molecule has 2 saturated heterocycles. The number of aromatic nitrogens is 1. The second kappa shape index (κ2) is 6.87. The molecule has 24 heavy (non-hydrogen) atoms. The Morgan fingerprint density at radius 1 is 1.17 bits per heavy atom. The van der Waals surface area contributed by atoms with Gasteiger partial charge in [-0.15, -0.1) is 0 Å². The van der Waals surface area contributed by atoms with Gasteiger partial charge in [0.05, 0.1) is 0 Å². The van der Waals surface area contributed by atoms with Crippen molar-refractivity contribution in [2.24, 2.45) is 0 Å². The van der Waals surface area contributed by atoms with E-state index in [1.807, 2.05) is 24.5 Å². The van der Waals surface area contributed by atoms with Crippen molar-refractivity contribution in [3.05, 3.63) is 60.2 Å². The lowest BCUT2D eigenvalue weighted by Crippen LogP contribution is -2.49. The summed E-state index contributed by atoms with van der Waals surface area (Å²) in [7, 11) is 0. The van der Waals surface area contributed by atoms with E-state index in [0.29, 0.717) is 11.8 Å². The molecule has 5 heteroatoms. The average Bonchev–Trinajstić information content (AvgIpc) is 2.97. The molecule has 4 nitrogen and oxygen atoms in total. The number of hydrogen-bond donors (Lipinski definition) is 0. The van der Waals surface area contributed by atoms with Crippen LogP contribution >= 0.6 is 0 Å². The first-order valence-corrected chi connectivity index (χ1v) is 8.54. The van der Waals surface area contributed by atoms with E-state index >= 15 is 0 Å². The minimum atomic E-state index is -0.245. The summed E-state index contributed by atoms with van der Waals surface area (Å²) in [4.78, 5) is 9.19. The smallest absolute Gasteiger partial charge is 0.126 e. The molecule has 2 atom stereocenters. The summed E-state index contributed by atoms with van der Waals surface area (Å²) in [5.74, 6) is 0.387. The van der Waals surface area contributed by atoms with Crippen molar-refractivity contribution in [3.8, 4) is 5.75 Å². The van der Waals surface area contributed by atoms with Crippen molar-refractivity contribution in [2.75, 3.05) is 26.2 Å². The van der Waals surface area contributed by atoms with Gasteiger partial charge in [0.25, 0.3) is 0 Å². The van der Waals surface area contributed by atoms with Crippen molar-refractivity contribution in [1.82, 2.24) is 14.8 Å².